The van der Waals surface area contributed by atoms with E-state index in [1.807, 2.05) is 0 Å². The van der Waals surface area contributed by atoms with Crippen LogP contribution in [-0.2, 0) is 4.79 Å². The molecule has 0 radical (unpaired) electrons. The average Bonchev–Trinajstić information content (AvgIpc) is 3.19. The number of nitrogens with one attached hydrogen (secondary N) is 2. The molecule has 7 nitrogen and oxygen atoms in total. The maximum Gasteiger partial charge on any atom is 0.271 e. The van der Waals surface area contributed by atoms with Crippen LogP contribution >= 0.6 is 0 Å². The normalized spacial score (nSPS) is 13.9. The molecule has 4 N–H and O–H groups in total. The van der Waals surface area contributed by atoms with Crippen molar-refractivity contribution in [2.45, 2.75) is 31.7 Å². The molecule has 0 atom stereocenters. The summed E-state index contributed by atoms with van der Waals surface area (Å²) in [6.07, 6.45) is 5.84. The summed E-state index contributed by atoms with van der Waals surface area (Å²) in [5, 5.41) is 5.57. The Bertz CT molecular complexity index is 456. The lowest BCUT2D eigenvalue weighted by Gasteiger charge is -2.05. The lowest BCUT2D eigenvalue weighted by atomic mass is 10.3. The zero-order valence-electron chi connectivity index (χ0n) is 10.6. The number of carbonyl (C=O) groups excluding carboxylic acids is 2. The topological polar surface area (TPSA) is 110 Å². The van der Waals surface area contributed by atoms with Gasteiger partial charge >= 0.3 is 0 Å². The number of aromatic nitrogens is 2. The third kappa shape index (κ3) is 4.53. The molecule has 1 saturated carbocycles. The number of rotatable bonds is 6. The van der Waals surface area contributed by atoms with Gasteiger partial charge in [-0.25, -0.2) is 9.97 Å². The van der Waals surface area contributed by atoms with Crippen LogP contribution in [0.5, 0.6) is 0 Å². The van der Waals surface area contributed by atoms with Crippen molar-refractivity contribution in [2.24, 2.45) is 0 Å². The first-order chi connectivity index (χ1) is 9.15. The molecule has 1 aliphatic rings. The van der Waals surface area contributed by atoms with Crippen LogP contribution in [0.2, 0.25) is 0 Å². The second-order valence-electron chi connectivity index (χ2n) is 4.53. The molecule has 0 unspecified atom stereocenters. The molecule has 1 aromatic rings. The van der Waals surface area contributed by atoms with E-state index in [2.05, 4.69) is 20.6 Å². The SMILES string of the molecule is Nc1cnc(C(=O)NCCCC(=O)NC2CC2)cn1. The molecule has 2 rings (SSSR count). The zero-order chi connectivity index (χ0) is 13.7. The third-order valence-corrected chi connectivity index (χ3v) is 2.71. The number of hydrogen-bond acceptors (Lipinski definition) is 5. The van der Waals surface area contributed by atoms with Gasteiger partial charge in [0, 0.05) is 19.0 Å². The molecule has 1 heterocycles. The van der Waals surface area contributed by atoms with Gasteiger partial charge in [0.1, 0.15) is 11.5 Å². The first-order valence-corrected chi connectivity index (χ1v) is 6.30. The molecule has 2 amide bonds. The number of carbonyl (C=O) groups is 2. The molecule has 7 heteroatoms. The fraction of sp³-hybridized carbons (Fsp3) is 0.500. The number of nitrogens with two attached hydrogens (primary N) is 1. The maximum absolute atomic E-state index is 11.6. The van der Waals surface area contributed by atoms with Crippen molar-refractivity contribution in [1.82, 2.24) is 20.6 Å². The van der Waals surface area contributed by atoms with Crippen LogP contribution in [0, 0.1) is 0 Å². The van der Waals surface area contributed by atoms with Crippen LogP contribution in [0.15, 0.2) is 12.4 Å². The molecule has 0 aromatic carbocycles. The molecule has 0 bridgehead atoms. The van der Waals surface area contributed by atoms with Gasteiger partial charge in [-0.1, -0.05) is 0 Å². The molecule has 1 fully saturated rings. The molecule has 1 aliphatic carbocycles. The monoisotopic (exact) mass is 263 g/mol. The minimum atomic E-state index is -0.310. The molecule has 1 aromatic heterocycles. The number of hydrogen-bond donors (Lipinski definition) is 3. The number of anilines is 1. The highest BCUT2D eigenvalue weighted by Gasteiger charge is 2.22. The fourth-order valence-corrected chi connectivity index (χ4v) is 1.52. The lowest BCUT2D eigenvalue weighted by Crippen LogP contribution is -2.28. The van der Waals surface area contributed by atoms with E-state index in [0.29, 0.717) is 25.4 Å². The van der Waals surface area contributed by atoms with Crippen molar-refractivity contribution in [1.29, 1.82) is 0 Å². The molecule has 102 valence electrons. The highest BCUT2D eigenvalue weighted by atomic mass is 16.2. The predicted octanol–water partition coefficient (Wildman–Crippen LogP) is -0.153. The number of amides is 2. The van der Waals surface area contributed by atoms with Crippen molar-refractivity contribution < 1.29 is 9.59 Å². The van der Waals surface area contributed by atoms with Gasteiger partial charge in [-0.15, -0.1) is 0 Å². The Kier molecular flexibility index (Phi) is 4.27. The van der Waals surface area contributed by atoms with Crippen LogP contribution in [0.3, 0.4) is 0 Å². The van der Waals surface area contributed by atoms with E-state index in [1.54, 1.807) is 0 Å². The van der Waals surface area contributed by atoms with E-state index in [-0.39, 0.29) is 23.3 Å². The second kappa shape index (κ2) is 6.12. The first kappa shape index (κ1) is 13.3. The van der Waals surface area contributed by atoms with Crippen LogP contribution in [0.4, 0.5) is 5.82 Å². The predicted molar refractivity (Wildman–Crippen MR) is 69.2 cm³/mol. The van der Waals surface area contributed by atoms with E-state index in [1.165, 1.54) is 12.4 Å². The molecule has 0 spiro atoms. The van der Waals surface area contributed by atoms with E-state index in [9.17, 15) is 9.59 Å². The molecule has 19 heavy (non-hydrogen) atoms. The van der Waals surface area contributed by atoms with Gasteiger partial charge in [0.25, 0.3) is 5.91 Å². The van der Waals surface area contributed by atoms with Crippen molar-refractivity contribution in [3.8, 4) is 0 Å². The van der Waals surface area contributed by atoms with Gasteiger partial charge in [0.05, 0.1) is 12.4 Å². The summed E-state index contributed by atoms with van der Waals surface area (Å²) in [5.74, 6) is 0.00687. The Balaban J connectivity index is 1.63. The smallest absolute Gasteiger partial charge is 0.271 e. The zero-order valence-corrected chi connectivity index (χ0v) is 10.6. The standard InChI is InChI=1S/C12H17N5O2/c13-10-7-15-9(6-16-10)12(19)14-5-1-2-11(18)17-8-3-4-8/h6-8H,1-5H2,(H2,13,16)(H,14,19)(H,17,18). The van der Waals surface area contributed by atoms with Crippen molar-refractivity contribution in [3.05, 3.63) is 18.1 Å². The number of nitrogens with zero attached hydrogens (tertiary/aromatic N) is 2. The van der Waals surface area contributed by atoms with Gasteiger partial charge in [-0.3, -0.25) is 9.59 Å². The van der Waals surface area contributed by atoms with Crippen LogP contribution in [0.1, 0.15) is 36.2 Å². The van der Waals surface area contributed by atoms with Crippen LogP contribution in [0.25, 0.3) is 0 Å². The Morgan fingerprint density at radius 3 is 2.74 bits per heavy atom. The Labute approximate surface area is 111 Å². The third-order valence-electron chi connectivity index (χ3n) is 2.71. The summed E-state index contributed by atoms with van der Waals surface area (Å²) in [7, 11) is 0. The summed E-state index contributed by atoms with van der Waals surface area (Å²) in [5.41, 5.74) is 5.60. The molecular weight excluding hydrogens is 246 g/mol. The minimum Gasteiger partial charge on any atom is -0.382 e. The molecule has 0 aliphatic heterocycles. The van der Waals surface area contributed by atoms with Crippen LogP contribution < -0.4 is 16.4 Å². The quantitative estimate of drug-likeness (QED) is 0.618. The summed E-state index contributed by atoms with van der Waals surface area (Å²) in [6.45, 7) is 0.434. The summed E-state index contributed by atoms with van der Waals surface area (Å²) in [4.78, 5) is 30.7. The van der Waals surface area contributed by atoms with Crippen LogP contribution in [-0.4, -0.2) is 34.4 Å². The summed E-state index contributed by atoms with van der Waals surface area (Å²) >= 11 is 0. The second-order valence-corrected chi connectivity index (χ2v) is 4.53. The summed E-state index contributed by atoms with van der Waals surface area (Å²) in [6, 6.07) is 0.382. The van der Waals surface area contributed by atoms with Crippen molar-refractivity contribution >= 4 is 17.6 Å². The van der Waals surface area contributed by atoms with E-state index < -0.39 is 0 Å². The Hall–Kier alpha value is -2.18. The Morgan fingerprint density at radius 1 is 1.32 bits per heavy atom. The highest BCUT2D eigenvalue weighted by molar-refractivity contribution is 5.92. The van der Waals surface area contributed by atoms with Crippen molar-refractivity contribution in [2.75, 3.05) is 12.3 Å². The number of nitrogen functional groups attached to an aromatic ring is 1. The van der Waals surface area contributed by atoms with Gasteiger partial charge in [-0.05, 0) is 19.3 Å². The highest BCUT2D eigenvalue weighted by Crippen LogP contribution is 2.18. The van der Waals surface area contributed by atoms with Gasteiger partial charge in [0.2, 0.25) is 5.91 Å². The van der Waals surface area contributed by atoms with Gasteiger partial charge in [0.15, 0.2) is 0 Å². The lowest BCUT2D eigenvalue weighted by molar-refractivity contribution is -0.121. The molecular formula is C12H17N5O2. The van der Waals surface area contributed by atoms with Gasteiger partial charge < -0.3 is 16.4 Å². The fourth-order valence-electron chi connectivity index (χ4n) is 1.52. The minimum absolute atomic E-state index is 0.0454. The molecule has 0 saturated heterocycles. The first-order valence-electron chi connectivity index (χ1n) is 6.30. The van der Waals surface area contributed by atoms with Gasteiger partial charge in [-0.2, -0.15) is 0 Å². The van der Waals surface area contributed by atoms with Crippen molar-refractivity contribution in [3.63, 3.8) is 0 Å². The van der Waals surface area contributed by atoms with E-state index in [4.69, 9.17) is 5.73 Å². The Morgan fingerprint density at radius 2 is 2.11 bits per heavy atom. The maximum atomic E-state index is 11.6. The summed E-state index contributed by atoms with van der Waals surface area (Å²) < 4.78 is 0. The largest absolute Gasteiger partial charge is 0.382 e. The average molecular weight is 263 g/mol. The van der Waals surface area contributed by atoms with E-state index in [0.717, 1.165) is 12.8 Å². The van der Waals surface area contributed by atoms with E-state index >= 15 is 0 Å².